The van der Waals surface area contributed by atoms with Crippen LogP contribution in [0.15, 0.2) is 47.5 Å². The Labute approximate surface area is 182 Å². The van der Waals surface area contributed by atoms with E-state index in [1.807, 2.05) is 12.3 Å². The maximum Gasteiger partial charge on any atom is 0.302 e. The average molecular weight is 423 g/mol. The maximum atomic E-state index is 12.7. The van der Waals surface area contributed by atoms with E-state index >= 15 is 0 Å². The van der Waals surface area contributed by atoms with Crippen molar-refractivity contribution >= 4 is 11.8 Å². The Balaban J connectivity index is 1.50. The topological polar surface area (TPSA) is 91.5 Å². The summed E-state index contributed by atoms with van der Waals surface area (Å²) in [5.41, 5.74) is 8.84. The number of hydrogen-bond donors (Lipinski definition) is 1. The monoisotopic (exact) mass is 422 g/mol. The van der Waals surface area contributed by atoms with Crippen molar-refractivity contribution in [3.05, 3.63) is 53.1 Å². The number of pyridine rings is 1. The second-order valence-corrected chi connectivity index (χ2v) is 9.79. The van der Waals surface area contributed by atoms with Crippen molar-refractivity contribution in [3.63, 3.8) is 0 Å². The first-order chi connectivity index (χ1) is 14.9. The van der Waals surface area contributed by atoms with Crippen LogP contribution in [0.4, 0.5) is 0 Å². The fraction of sp³-hybridized carbons (Fsp3) is 0.560. The van der Waals surface area contributed by atoms with Gasteiger partial charge in [0.25, 0.3) is 0 Å². The highest BCUT2D eigenvalue weighted by atomic mass is 16.5. The summed E-state index contributed by atoms with van der Waals surface area (Å²) in [6.45, 7) is 4.27. The van der Waals surface area contributed by atoms with Gasteiger partial charge in [0, 0.05) is 44.0 Å². The van der Waals surface area contributed by atoms with Gasteiger partial charge in [-0.3, -0.25) is 14.6 Å². The van der Waals surface area contributed by atoms with E-state index in [9.17, 15) is 9.59 Å². The van der Waals surface area contributed by atoms with Crippen LogP contribution in [0.2, 0.25) is 0 Å². The molecule has 164 valence electrons. The Bertz CT molecular complexity index is 969. The molecule has 0 aromatic carbocycles. The minimum Gasteiger partial charge on any atom is -0.489 e. The van der Waals surface area contributed by atoms with Gasteiger partial charge in [0.15, 0.2) is 5.78 Å². The fourth-order valence-electron chi connectivity index (χ4n) is 6.48. The maximum absolute atomic E-state index is 12.7. The second-order valence-electron chi connectivity index (χ2n) is 9.79. The summed E-state index contributed by atoms with van der Waals surface area (Å²) in [7, 11) is 0. The number of Topliss-reactive ketones (excluding diaryl/α,β-unsaturated/α-hetero) is 1. The molecule has 4 aliphatic rings. The molecule has 2 N–H and O–H groups in total. The van der Waals surface area contributed by atoms with Crippen molar-refractivity contribution in [1.29, 1.82) is 0 Å². The van der Waals surface area contributed by atoms with E-state index in [2.05, 4.69) is 24.1 Å². The molecule has 1 aromatic rings. The summed E-state index contributed by atoms with van der Waals surface area (Å²) in [5.74, 6) is 1.11. The molecule has 2 unspecified atom stereocenters. The first-order valence-electron chi connectivity index (χ1n) is 11.3. The zero-order valence-corrected chi connectivity index (χ0v) is 18.2. The number of ether oxygens (including phenoxy) is 2. The lowest BCUT2D eigenvalue weighted by Crippen LogP contribution is -2.44. The molecule has 0 amide bonds. The van der Waals surface area contributed by atoms with E-state index in [4.69, 9.17) is 15.2 Å². The van der Waals surface area contributed by atoms with Gasteiger partial charge in [-0.15, -0.1) is 0 Å². The standard InChI is InChI=1S/C25H30N2O4/c1-14(28)30-22-11-19-24-16(10-18-20(29)8-15(12-26)9-21(18)31-24)5-6-25(19,2)23(22)17-4-3-7-27-13-17/h3-4,7,10,13,15,19,22-24H,5-6,8-9,11-12,26H2,1-2H3/t15?,19-,22?,23-,24+,25-/m0/s1. The van der Waals surface area contributed by atoms with Crippen LogP contribution in [-0.2, 0) is 19.1 Å². The van der Waals surface area contributed by atoms with E-state index in [-0.39, 0.29) is 47.1 Å². The van der Waals surface area contributed by atoms with Gasteiger partial charge >= 0.3 is 5.97 Å². The predicted octanol–water partition coefficient (Wildman–Crippen LogP) is 3.43. The number of nitrogens with zero attached hydrogens (tertiary/aromatic N) is 1. The Morgan fingerprint density at radius 1 is 1.39 bits per heavy atom. The number of allylic oxidation sites excluding steroid dienone is 3. The third-order valence-corrected chi connectivity index (χ3v) is 7.94. The molecule has 5 rings (SSSR count). The van der Waals surface area contributed by atoms with Crippen LogP contribution in [-0.4, -0.2) is 35.5 Å². The van der Waals surface area contributed by atoms with Crippen molar-refractivity contribution in [2.75, 3.05) is 6.54 Å². The molecule has 2 fully saturated rings. The molecule has 0 bridgehead atoms. The van der Waals surface area contributed by atoms with Crippen LogP contribution >= 0.6 is 0 Å². The molecular weight excluding hydrogens is 392 g/mol. The van der Waals surface area contributed by atoms with Gasteiger partial charge in [-0.1, -0.05) is 13.0 Å². The van der Waals surface area contributed by atoms with Gasteiger partial charge in [0.2, 0.25) is 0 Å². The van der Waals surface area contributed by atoms with Crippen molar-refractivity contribution < 1.29 is 19.1 Å². The number of rotatable bonds is 3. The van der Waals surface area contributed by atoms with E-state index in [0.717, 1.165) is 42.6 Å². The Hall–Kier alpha value is -2.47. The summed E-state index contributed by atoms with van der Waals surface area (Å²) in [5, 5.41) is 0. The normalized spacial score (nSPS) is 36.7. The molecule has 1 aliphatic heterocycles. The SMILES string of the molecule is CC(=O)OC1C[C@H]2[C@@H]3OC4=C(C=C3CC[C@]2(C)[C@H]1c1cccnc1)C(=O)CC(CN)C4. The molecule has 31 heavy (non-hydrogen) atoms. The largest absolute Gasteiger partial charge is 0.489 e. The lowest BCUT2D eigenvalue weighted by Gasteiger charge is -2.48. The quantitative estimate of drug-likeness (QED) is 0.751. The number of ketones is 1. The highest BCUT2D eigenvalue weighted by Gasteiger charge is 2.60. The van der Waals surface area contributed by atoms with E-state index < -0.39 is 0 Å². The number of fused-ring (bicyclic) bond motifs is 3. The molecule has 1 aromatic heterocycles. The molecule has 6 heteroatoms. The first kappa shape index (κ1) is 20.4. The molecule has 3 aliphatic carbocycles. The lowest BCUT2D eigenvalue weighted by atomic mass is 9.61. The van der Waals surface area contributed by atoms with Gasteiger partial charge in [-0.05, 0) is 60.4 Å². The van der Waals surface area contributed by atoms with E-state index in [1.165, 1.54) is 12.5 Å². The number of carbonyl (C=O) groups is 2. The van der Waals surface area contributed by atoms with Crippen LogP contribution in [0.25, 0.3) is 0 Å². The molecule has 2 heterocycles. The summed E-state index contributed by atoms with van der Waals surface area (Å²) in [4.78, 5) is 28.9. The predicted molar refractivity (Wildman–Crippen MR) is 115 cm³/mol. The van der Waals surface area contributed by atoms with Crippen molar-refractivity contribution in [2.24, 2.45) is 23.0 Å². The lowest BCUT2D eigenvalue weighted by molar-refractivity contribution is -0.147. The van der Waals surface area contributed by atoms with Crippen LogP contribution in [0.1, 0.15) is 57.4 Å². The van der Waals surface area contributed by atoms with Crippen molar-refractivity contribution in [2.45, 2.75) is 64.1 Å². The molecule has 0 saturated heterocycles. The average Bonchev–Trinajstić information content (AvgIpc) is 3.04. The number of carbonyl (C=O) groups excluding carboxylic acids is 2. The van der Waals surface area contributed by atoms with Crippen LogP contribution < -0.4 is 5.73 Å². The molecule has 2 saturated carbocycles. The fourth-order valence-corrected chi connectivity index (χ4v) is 6.48. The Morgan fingerprint density at radius 2 is 2.23 bits per heavy atom. The summed E-state index contributed by atoms with van der Waals surface area (Å²) >= 11 is 0. The minimum atomic E-state index is -0.255. The number of nitrogens with two attached hydrogens (primary N) is 1. The zero-order chi connectivity index (χ0) is 21.8. The van der Waals surface area contributed by atoms with Gasteiger partial charge in [-0.25, -0.2) is 0 Å². The minimum absolute atomic E-state index is 0.0698. The molecule has 6 atom stereocenters. The first-order valence-corrected chi connectivity index (χ1v) is 11.3. The number of esters is 1. The van der Waals surface area contributed by atoms with Crippen LogP contribution in [0.3, 0.4) is 0 Å². The highest BCUT2D eigenvalue weighted by Crippen LogP contribution is 2.62. The summed E-state index contributed by atoms with van der Waals surface area (Å²) < 4.78 is 12.4. The zero-order valence-electron chi connectivity index (χ0n) is 18.2. The molecule has 0 spiro atoms. The van der Waals surface area contributed by atoms with Crippen LogP contribution in [0, 0.1) is 17.3 Å². The van der Waals surface area contributed by atoms with Gasteiger partial charge in [-0.2, -0.15) is 0 Å². The van der Waals surface area contributed by atoms with Crippen molar-refractivity contribution in [1.82, 2.24) is 4.98 Å². The molecular formula is C25H30N2O4. The third kappa shape index (κ3) is 3.32. The second kappa shape index (κ2) is 7.59. The van der Waals surface area contributed by atoms with E-state index in [0.29, 0.717) is 13.0 Å². The number of aromatic nitrogens is 1. The van der Waals surface area contributed by atoms with Gasteiger partial charge < -0.3 is 15.2 Å². The van der Waals surface area contributed by atoms with Crippen LogP contribution in [0.5, 0.6) is 0 Å². The van der Waals surface area contributed by atoms with E-state index in [1.54, 1.807) is 6.20 Å². The molecule has 6 nitrogen and oxygen atoms in total. The van der Waals surface area contributed by atoms with Crippen molar-refractivity contribution in [3.8, 4) is 0 Å². The smallest absolute Gasteiger partial charge is 0.302 e. The Morgan fingerprint density at radius 3 is 2.94 bits per heavy atom. The summed E-state index contributed by atoms with van der Waals surface area (Å²) in [6, 6.07) is 4.03. The Kier molecular flexibility index (Phi) is 5.00. The third-order valence-electron chi connectivity index (χ3n) is 7.94. The highest BCUT2D eigenvalue weighted by molar-refractivity contribution is 6.00. The summed E-state index contributed by atoms with van der Waals surface area (Å²) in [6.07, 6.45) is 9.29. The molecule has 0 radical (unpaired) electrons. The number of hydrogen-bond acceptors (Lipinski definition) is 6. The van der Waals surface area contributed by atoms with Gasteiger partial charge in [0.1, 0.15) is 18.0 Å². The van der Waals surface area contributed by atoms with Gasteiger partial charge in [0.05, 0.1) is 5.57 Å².